The smallest absolute Gasteiger partial charge is 0.332 e. The van der Waals surface area contributed by atoms with Crippen molar-refractivity contribution in [1.29, 1.82) is 0 Å². The molecular weight excluding hydrogens is 466 g/mol. The fourth-order valence-electron chi connectivity index (χ4n) is 5.31. The quantitative estimate of drug-likeness (QED) is 0.373. The van der Waals surface area contributed by atoms with Crippen molar-refractivity contribution in [2.45, 2.75) is 12.5 Å². The Morgan fingerprint density at radius 1 is 0.811 bits per heavy atom. The van der Waals surface area contributed by atoms with Crippen molar-refractivity contribution in [2.75, 3.05) is 44.6 Å². The molecule has 0 aliphatic carbocycles. The predicted molar refractivity (Wildman–Crippen MR) is 147 cm³/mol. The molecule has 37 heavy (non-hydrogen) atoms. The lowest BCUT2D eigenvalue weighted by atomic mass is 9.96. The Balaban J connectivity index is 1.17. The molecule has 0 radical (unpaired) electrons. The fraction of sp³-hybridized carbons (Fsp3) is 0.393. The molecule has 1 aliphatic rings. The van der Waals surface area contributed by atoms with Crippen LogP contribution in [-0.2, 0) is 21.1 Å². The van der Waals surface area contributed by atoms with Gasteiger partial charge in [-0.1, -0.05) is 60.7 Å². The zero-order valence-electron chi connectivity index (χ0n) is 21.8. The number of aromatic nitrogens is 4. The molecule has 9 heteroatoms. The summed E-state index contributed by atoms with van der Waals surface area (Å²) in [7, 11) is 4.94. The highest BCUT2D eigenvalue weighted by Gasteiger charge is 2.26. The molecule has 0 spiro atoms. The van der Waals surface area contributed by atoms with Crippen LogP contribution >= 0.6 is 0 Å². The summed E-state index contributed by atoms with van der Waals surface area (Å²) in [4.78, 5) is 34.4. The van der Waals surface area contributed by atoms with Crippen LogP contribution in [0.15, 0.2) is 70.3 Å². The average molecular weight is 502 g/mol. The van der Waals surface area contributed by atoms with Gasteiger partial charge in [-0.25, -0.2) is 4.79 Å². The summed E-state index contributed by atoms with van der Waals surface area (Å²) in [5, 5.41) is 3.36. The van der Waals surface area contributed by atoms with E-state index in [0.29, 0.717) is 17.1 Å². The van der Waals surface area contributed by atoms with Crippen molar-refractivity contribution in [1.82, 2.24) is 28.5 Å². The third-order valence-electron chi connectivity index (χ3n) is 7.41. The van der Waals surface area contributed by atoms with Crippen molar-refractivity contribution < 1.29 is 0 Å². The second kappa shape index (κ2) is 10.7. The number of piperazine rings is 1. The van der Waals surface area contributed by atoms with Gasteiger partial charge < -0.3 is 14.8 Å². The molecule has 0 saturated carbocycles. The maximum absolute atomic E-state index is 12.6. The fourth-order valence-corrected chi connectivity index (χ4v) is 5.31. The minimum Gasteiger partial charge on any atom is -0.356 e. The summed E-state index contributed by atoms with van der Waals surface area (Å²) in [6, 6.07) is 21.8. The van der Waals surface area contributed by atoms with E-state index in [2.05, 4.69) is 80.8 Å². The van der Waals surface area contributed by atoms with Crippen molar-refractivity contribution in [2.24, 2.45) is 21.1 Å². The molecular formula is C28H35N7O2. The molecule has 1 fully saturated rings. The van der Waals surface area contributed by atoms with Crippen LogP contribution in [-0.4, -0.2) is 67.8 Å². The molecule has 0 bridgehead atoms. The summed E-state index contributed by atoms with van der Waals surface area (Å²) in [6.07, 6.45) is 0.959. The van der Waals surface area contributed by atoms with Crippen LogP contribution in [0, 0.1) is 0 Å². The molecule has 5 rings (SSSR count). The highest BCUT2D eigenvalue weighted by Crippen LogP contribution is 2.29. The van der Waals surface area contributed by atoms with Gasteiger partial charge in [-0.3, -0.25) is 18.8 Å². The second-order valence-electron chi connectivity index (χ2n) is 9.75. The SMILES string of the molecule is Cn1c(=O)c2c(nc(NCCCN3CCN(C(c4ccccc4)c4ccccc4)CC3)n2C)n(C)c1=O. The Morgan fingerprint density at radius 3 is 2.00 bits per heavy atom. The molecule has 194 valence electrons. The summed E-state index contributed by atoms with van der Waals surface area (Å²) >= 11 is 0. The molecule has 4 aromatic rings. The normalized spacial score (nSPS) is 15.0. The lowest BCUT2D eigenvalue weighted by Gasteiger charge is -2.39. The summed E-state index contributed by atoms with van der Waals surface area (Å²) in [5.41, 5.74) is 2.80. The number of hydrogen-bond donors (Lipinski definition) is 1. The Bertz CT molecular complexity index is 1430. The molecule has 1 N–H and O–H groups in total. The third-order valence-corrected chi connectivity index (χ3v) is 7.41. The van der Waals surface area contributed by atoms with Gasteiger partial charge in [0.15, 0.2) is 11.2 Å². The number of aryl methyl sites for hydroxylation is 2. The highest BCUT2D eigenvalue weighted by molar-refractivity contribution is 5.74. The van der Waals surface area contributed by atoms with E-state index in [-0.39, 0.29) is 17.3 Å². The van der Waals surface area contributed by atoms with Crippen LogP contribution in [0.2, 0.25) is 0 Å². The zero-order chi connectivity index (χ0) is 25.9. The number of nitrogens with one attached hydrogen (secondary N) is 1. The molecule has 0 atom stereocenters. The van der Waals surface area contributed by atoms with Crippen molar-refractivity contribution in [3.05, 3.63) is 92.6 Å². The number of fused-ring (bicyclic) bond motifs is 1. The molecule has 3 heterocycles. The summed E-state index contributed by atoms with van der Waals surface area (Å²) < 4.78 is 4.27. The van der Waals surface area contributed by atoms with Gasteiger partial charge in [-0.15, -0.1) is 0 Å². The lowest BCUT2D eigenvalue weighted by Crippen LogP contribution is -2.48. The van der Waals surface area contributed by atoms with Gasteiger partial charge in [-0.2, -0.15) is 4.98 Å². The monoisotopic (exact) mass is 501 g/mol. The largest absolute Gasteiger partial charge is 0.356 e. The van der Waals surface area contributed by atoms with Gasteiger partial charge in [0.25, 0.3) is 5.56 Å². The number of benzene rings is 2. The van der Waals surface area contributed by atoms with Gasteiger partial charge in [0, 0.05) is 53.9 Å². The minimum atomic E-state index is -0.372. The number of rotatable bonds is 8. The predicted octanol–water partition coefficient (Wildman–Crippen LogP) is 2.18. The topological polar surface area (TPSA) is 80.3 Å². The van der Waals surface area contributed by atoms with Crippen LogP contribution in [0.3, 0.4) is 0 Å². The molecule has 0 amide bonds. The van der Waals surface area contributed by atoms with Crippen molar-refractivity contribution in [3.8, 4) is 0 Å². The van der Waals surface area contributed by atoms with Gasteiger partial charge in [0.2, 0.25) is 5.95 Å². The first-order chi connectivity index (χ1) is 18.0. The number of imidazole rings is 1. The third kappa shape index (κ3) is 4.97. The Morgan fingerprint density at radius 2 is 1.41 bits per heavy atom. The molecule has 1 saturated heterocycles. The average Bonchev–Trinajstić information content (AvgIpc) is 3.27. The van der Waals surface area contributed by atoms with Crippen LogP contribution in [0.5, 0.6) is 0 Å². The van der Waals surface area contributed by atoms with Crippen LogP contribution in [0.4, 0.5) is 5.95 Å². The van der Waals surface area contributed by atoms with E-state index in [1.807, 2.05) is 0 Å². The van der Waals surface area contributed by atoms with E-state index in [0.717, 1.165) is 50.3 Å². The standard InChI is InChI=1S/C28H35N7O2/c1-31-24-25(32(2)28(37)33(3)26(24)36)30-27(31)29-15-10-16-34-17-19-35(20-18-34)23(21-11-6-4-7-12-21)22-13-8-5-9-14-22/h4-9,11-14,23H,10,15-20H2,1-3H3,(H,29,30). The number of anilines is 1. The molecule has 1 aliphatic heterocycles. The first kappa shape index (κ1) is 25.0. The molecule has 9 nitrogen and oxygen atoms in total. The Hall–Kier alpha value is -3.69. The number of nitrogens with zero attached hydrogens (tertiary/aromatic N) is 6. The molecule has 2 aromatic heterocycles. The first-order valence-corrected chi connectivity index (χ1v) is 12.9. The second-order valence-corrected chi connectivity index (χ2v) is 9.75. The van der Waals surface area contributed by atoms with Gasteiger partial charge in [0.1, 0.15) is 0 Å². The van der Waals surface area contributed by atoms with E-state index in [1.54, 1.807) is 18.7 Å². The van der Waals surface area contributed by atoms with Crippen LogP contribution in [0.1, 0.15) is 23.6 Å². The van der Waals surface area contributed by atoms with Crippen LogP contribution in [0.25, 0.3) is 11.2 Å². The van der Waals surface area contributed by atoms with E-state index >= 15 is 0 Å². The molecule has 2 aromatic carbocycles. The zero-order valence-corrected chi connectivity index (χ0v) is 21.8. The Labute approximate surface area is 216 Å². The van der Waals surface area contributed by atoms with E-state index in [1.165, 1.54) is 22.7 Å². The summed E-state index contributed by atoms with van der Waals surface area (Å²) in [6.45, 7) is 5.82. The minimum absolute atomic E-state index is 0.271. The highest BCUT2D eigenvalue weighted by atomic mass is 16.2. The molecule has 0 unspecified atom stereocenters. The van der Waals surface area contributed by atoms with Gasteiger partial charge in [0.05, 0.1) is 6.04 Å². The Kier molecular flexibility index (Phi) is 7.25. The maximum atomic E-state index is 12.6. The van der Waals surface area contributed by atoms with Crippen molar-refractivity contribution >= 4 is 17.1 Å². The van der Waals surface area contributed by atoms with Crippen molar-refractivity contribution in [3.63, 3.8) is 0 Å². The van der Waals surface area contributed by atoms with Gasteiger partial charge >= 0.3 is 5.69 Å². The van der Waals surface area contributed by atoms with E-state index in [9.17, 15) is 9.59 Å². The first-order valence-electron chi connectivity index (χ1n) is 12.9. The lowest BCUT2D eigenvalue weighted by molar-refractivity contribution is 0.109. The van der Waals surface area contributed by atoms with Crippen LogP contribution < -0.4 is 16.6 Å². The van der Waals surface area contributed by atoms with E-state index in [4.69, 9.17) is 0 Å². The maximum Gasteiger partial charge on any atom is 0.332 e. The number of hydrogen-bond acceptors (Lipinski definition) is 6. The summed E-state index contributed by atoms with van der Waals surface area (Å²) in [5.74, 6) is 0.603. The van der Waals surface area contributed by atoms with E-state index < -0.39 is 0 Å². The van der Waals surface area contributed by atoms with Gasteiger partial charge in [-0.05, 0) is 24.1 Å².